The van der Waals surface area contributed by atoms with Crippen LogP contribution in [0.1, 0.15) is 49.7 Å². The molecule has 1 saturated carbocycles. The van der Waals surface area contributed by atoms with Crippen LogP contribution in [0.2, 0.25) is 0 Å². The second kappa shape index (κ2) is 19.3. The van der Waals surface area contributed by atoms with Gasteiger partial charge in [-0.25, -0.2) is 0 Å². The molecule has 9 N–H and O–H groups in total. The van der Waals surface area contributed by atoms with E-state index in [1.165, 1.54) is 41.3 Å². The quantitative estimate of drug-likeness (QED) is 0.0381. The Kier molecular flexibility index (Phi) is 13.5. The van der Waals surface area contributed by atoms with Crippen molar-refractivity contribution in [3.63, 3.8) is 0 Å². The zero-order valence-electron chi connectivity index (χ0n) is 36.2. The van der Waals surface area contributed by atoms with E-state index in [2.05, 4.69) is 10.3 Å². The predicted molar refractivity (Wildman–Crippen MR) is 237 cm³/mol. The van der Waals surface area contributed by atoms with Crippen LogP contribution in [0.5, 0.6) is 11.5 Å². The Morgan fingerprint density at radius 1 is 0.955 bits per heavy atom. The normalized spacial score (nSPS) is 22.1. The van der Waals surface area contributed by atoms with Crippen molar-refractivity contribution in [1.29, 1.82) is 0 Å². The van der Waals surface area contributed by atoms with Crippen LogP contribution >= 0.6 is 0 Å². The van der Waals surface area contributed by atoms with E-state index in [1.54, 1.807) is 30.6 Å². The highest BCUT2D eigenvalue weighted by molar-refractivity contribution is 5.95. The van der Waals surface area contributed by atoms with Gasteiger partial charge >= 0.3 is 11.9 Å². The number of phenolic OH excluding ortho intramolecular Hbond substituents is 1. The van der Waals surface area contributed by atoms with Gasteiger partial charge in [0.2, 0.25) is 12.4 Å². The molecule has 18 heteroatoms. The fraction of sp³-hybridized carbons (Fsp3) is 0.396. The van der Waals surface area contributed by atoms with Crippen LogP contribution in [0.4, 0.5) is 0 Å². The van der Waals surface area contributed by atoms with Crippen molar-refractivity contribution < 1.29 is 68.8 Å². The smallest absolute Gasteiger partial charge is 0.324 e. The second-order valence-electron chi connectivity index (χ2n) is 17.1. The third kappa shape index (κ3) is 9.39. The topological polar surface area (TPSA) is 276 Å². The molecule has 8 atom stereocenters. The Bertz CT molecular complexity index is 2720. The van der Waals surface area contributed by atoms with Gasteiger partial charge in [-0.2, -0.15) is 4.73 Å². The Labute approximate surface area is 377 Å². The summed E-state index contributed by atoms with van der Waals surface area (Å²) >= 11 is 0. The molecular weight excluding hydrogens is 859 g/mol. The highest BCUT2D eigenvalue weighted by Gasteiger charge is 2.58. The number of nitrogens with one attached hydrogen (secondary N) is 2. The molecule has 0 bridgehead atoms. The molecule has 8 rings (SSSR count). The molecule has 350 valence electrons. The number of carbonyl (C=O) groups excluding carboxylic acids is 1. The van der Waals surface area contributed by atoms with Crippen LogP contribution in [0.15, 0.2) is 94.6 Å². The number of H-pyrrole nitrogens is 1. The highest BCUT2D eigenvalue weighted by atomic mass is 16.8. The van der Waals surface area contributed by atoms with Crippen molar-refractivity contribution >= 4 is 33.8 Å². The average Bonchev–Trinajstić information content (AvgIpc) is 3.88. The summed E-state index contributed by atoms with van der Waals surface area (Å²) in [4.78, 5) is 49.9. The van der Waals surface area contributed by atoms with Crippen LogP contribution in [0.25, 0.3) is 44.3 Å². The largest absolute Gasteiger partial charge is 0.508 e. The van der Waals surface area contributed by atoms with E-state index in [0.29, 0.717) is 29.6 Å². The van der Waals surface area contributed by atoms with Gasteiger partial charge in [-0.05, 0) is 81.1 Å². The summed E-state index contributed by atoms with van der Waals surface area (Å²) in [5.74, 6) is -8.34. The Hall–Kier alpha value is -6.25. The summed E-state index contributed by atoms with van der Waals surface area (Å²) < 4.78 is 25.1. The maximum absolute atomic E-state index is 13.9. The molecule has 1 saturated heterocycles. The van der Waals surface area contributed by atoms with E-state index in [0.717, 1.165) is 41.3 Å². The number of aryl methyl sites for hydroxylation is 2. The van der Waals surface area contributed by atoms with Crippen LogP contribution in [-0.4, -0.2) is 119 Å². The number of carbonyl (C=O) groups is 2. The van der Waals surface area contributed by atoms with E-state index in [1.807, 2.05) is 32.0 Å². The number of aromatic amines is 1. The van der Waals surface area contributed by atoms with Gasteiger partial charge in [0.15, 0.2) is 17.5 Å². The lowest BCUT2D eigenvalue weighted by Crippen LogP contribution is -2.69. The number of hydrogen-bond donors (Lipinski definition) is 9. The first kappa shape index (κ1) is 46.3. The number of phenols is 1. The van der Waals surface area contributed by atoms with Crippen LogP contribution in [0.3, 0.4) is 0 Å². The number of ether oxygens (including phenoxy) is 3. The molecule has 0 amide bonds. The summed E-state index contributed by atoms with van der Waals surface area (Å²) in [6.07, 6.45) is -1.24. The first-order valence-electron chi connectivity index (χ1n) is 21.8. The first-order chi connectivity index (χ1) is 31.7. The molecule has 0 unspecified atom stereocenters. The number of esters is 1. The van der Waals surface area contributed by atoms with Crippen molar-refractivity contribution in [2.45, 2.75) is 101 Å². The second-order valence-corrected chi connectivity index (χ2v) is 17.1. The number of carboxylic acids is 1. The van der Waals surface area contributed by atoms with Gasteiger partial charge < -0.3 is 69.5 Å². The van der Waals surface area contributed by atoms with Crippen LogP contribution < -0.4 is 20.3 Å². The SMILES string of the molecule is Cc1cc(C)cc(-c2c3[nH]ccc3cn2O[C@@H]2[C@@H](Oc3ccc4c(=O)c(-c5ccc(O)cc5)coc4c3)O[C@@H]([C@@](O)(CO)OC(=O)[C@H](C(=O)O)[C@H](CCO)NC3CCCCC3)[C@H](O)[C@H]2O)c1. The summed E-state index contributed by atoms with van der Waals surface area (Å²) in [7, 11) is 0. The fourth-order valence-electron chi connectivity index (χ4n) is 9.08. The third-order valence-electron chi connectivity index (χ3n) is 12.3. The van der Waals surface area contributed by atoms with Crippen molar-refractivity contribution in [3.8, 4) is 33.9 Å². The molecule has 66 heavy (non-hydrogen) atoms. The number of carboxylic acid groups (broad SMARTS) is 1. The van der Waals surface area contributed by atoms with Crippen LogP contribution in [0, 0.1) is 19.8 Å². The number of aromatic nitrogens is 2. The minimum absolute atomic E-state index is 0.0163. The monoisotopic (exact) mass is 911 g/mol. The lowest BCUT2D eigenvalue weighted by molar-refractivity contribution is -0.356. The van der Waals surface area contributed by atoms with Crippen molar-refractivity contribution in [1.82, 2.24) is 15.0 Å². The molecular formula is C48H53N3O15. The van der Waals surface area contributed by atoms with E-state index < -0.39 is 79.0 Å². The number of nitrogens with zero attached hydrogens (tertiary/aromatic N) is 1. The number of hydrogen-bond acceptors (Lipinski definition) is 15. The summed E-state index contributed by atoms with van der Waals surface area (Å²) in [6, 6.07) is 16.6. The third-order valence-corrected chi connectivity index (χ3v) is 12.3. The van der Waals surface area contributed by atoms with Gasteiger partial charge in [-0.15, -0.1) is 0 Å². The average molecular weight is 912 g/mol. The Balaban J connectivity index is 1.14. The van der Waals surface area contributed by atoms with Crippen molar-refractivity contribution in [2.24, 2.45) is 5.92 Å². The minimum Gasteiger partial charge on any atom is -0.508 e. The number of benzene rings is 3. The molecule has 6 aromatic rings. The molecule has 3 aromatic heterocycles. The number of aliphatic hydroxyl groups excluding tert-OH is 4. The van der Waals surface area contributed by atoms with Crippen molar-refractivity contribution in [2.75, 3.05) is 13.2 Å². The minimum atomic E-state index is -3.19. The molecule has 2 aliphatic rings. The standard InChI is InChI=1S/C48H53N3O15/c1-25-18-26(2)20-29(19-25)39-38-28(14-16-49-38)22-51(39)66-43-41(56)42(57)44(48(61,24-53)65-46(60)37(45(58)59)35(15-17-52)50-30-6-4-3-5-7-30)64-47(43)63-32-12-13-33-36(21-32)62-23-34(40(33)55)27-8-10-31(54)11-9-27/h8-14,16,18-23,30,35,37,41-44,47,49-50,52-54,56-57,61H,3-7,15,17,24H2,1-2H3,(H,58,59)/t35-,37-,41+,42+,43-,44+,47-,48+/m0/s1. The molecule has 18 nitrogen and oxygen atoms in total. The fourth-order valence-corrected chi connectivity index (χ4v) is 9.08. The zero-order valence-corrected chi connectivity index (χ0v) is 36.2. The first-order valence-corrected chi connectivity index (χ1v) is 21.8. The number of fused-ring (bicyclic) bond motifs is 2. The van der Waals surface area contributed by atoms with Crippen molar-refractivity contribution in [3.05, 3.63) is 107 Å². The lowest BCUT2D eigenvalue weighted by Gasteiger charge is -2.46. The molecule has 0 radical (unpaired) electrons. The van der Waals surface area contributed by atoms with Gasteiger partial charge in [-0.3, -0.25) is 14.4 Å². The van der Waals surface area contributed by atoms with E-state index in [4.69, 9.17) is 23.5 Å². The number of aliphatic hydroxyl groups is 5. The molecule has 4 heterocycles. The highest BCUT2D eigenvalue weighted by Crippen LogP contribution is 2.36. The molecule has 1 aliphatic heterocycles. The predicted octanol–water partition coefficient (Wildman–Crippen LogP) is 3.65. The number of aliphatic carboxylic acids is 1. The van der Waals surface area contributed by atoms with Gasteiger partial charge in [-0.1, -0.05) is 48.6 Å². The van der Waals surface area contributed by atoms with Gasteiger partial charge in [0.1, 0.15) is 47.9 Å². The van der Waals surface area contributed by atoms with E-state index >= 15 is 0 Å². The van der Waals surface area contributed by atoms with E-state index in [9.17, 15) is 50.1 Å². The maximum Gasteiger partial charge on any atom is 0.324 e. The summed E-state index contributed by atoms with van der Waals surface area (Å²) in [6.45, 7) is 1.94. The number of aromatic hydroxyl groups is 1. The summed E-state index contributed by atoms with van der Waals surface area (Å²) in [5.41, 5.74) is 4.23. The maximum atomic E-state index is 13.9. The molecule has 0 spiro atoms. The lowest BCUT2D eigenvalue weighted by atomic mass is 9.90. The van der Waals surface area contributed by atoms with Gasteiger partial charge in [0.05, 0.1) is 22.7 Å². The van der Waals surface area contributed by atoms with Crippen LogP contribution in [-0.2, 0) is 19.1 Å². The zero-order chi connectivity index (χ0) is 46.9. The molecule has 1 aliphatic carbocycles. The Morgan fingerprint density at radius 2 is 1.68 bits per heavy atom. The summed E-state index contributed by atoms with van der Waals surface area (Å²) in [5, 5.41) is 80.3. The number of rotatable bonds is 16. The van der Waals surface area contributed by atoms with Gasteiger partial charge in [0.25, 0.3) is 5.79 Å². The molecule has 2 fully saturated rings. The Morgan fingerprint density at radius 3 is 2.36 bits per heavy atom. The van der Waals surface area contributed by atoms with Gasteiger partial charge in [0, 0.05) is 41.9 Å². The van der Waals surface area contributed by atoms with E-state index in [-0.39, 0.29) is 40.5 Å². The molecule has 3 aromatic carbocycles.